The zero-order chi connectivity index (χ0) is 20.6. The van der Waals surface area contributed by atoms with Crippen LogP contribution < -0.4 is 10.0 Å². The predicted octanol–water partition coefficient (Wildman–Crippen LogP) is -0.0349. The zero-order valence-corrected chi connectivity index (χ0v) is 16.4. The molecule has 150 valence electrons. The third kappa shape index (κ3) is 6.99. The van der Waals surface area contributed by atoms with Crippen LogP contribution in [0.4, 0.5) is 0 Å². The molecule has 10 heteroatoms. The summed E-state index contributed by atoms with van der Waals surface area (Å²) in [5.41, 5.74) is 0.553. The smallest absolute Gasteiger partial charge is 0.326 e. The summed E-state index contributed by atoms with van der Waals surface area (Å²) in [5, 5.41) is 11.7. The maximum Gasteiger partial charge on any atom is 0.326 e. The summed E-state index contributed by atoms with van der Waals surface area (Å²) in [6, 6.07) is 4.75. The van der Waals surface area contributed by atoms with Crippen LogP contribution in [0.2, 0.25) is 0 Å². The lowest BCUT2D eigenvalue weighted by molar-refractivity contribution is -0.149. The number of carboxylic acids is 1. The highest BCUT2D eigenvalue weighted by Gasteiger charge is 2.25. The van der Waals surface area contributed by atoms with Gasteiger partial charge in [-0.15, -0.1) is 0 Å². The Hall–Kier alpha value is -2.46. The van der Waals surface area contributed by atoms with E-state index < -0.39 is 27.9 Å². The molecule has 1 rings (SSSR count). The molecule has 0 aliphatic rings. The van der Waals surface area contributed by atoms with E-state index in [0.717, 1.165) is 0 Å². The average Bonchev–Trinajstić information content (AvgIpc) is 2.58. The van der Waals surface area contributed by atoms with Gasteiger partial charge in [0.05, 0.1) is 11.3 Å². The Kier molecular flexibility index (Phi) is 8.38. The summed E-state index contributed by atoms with van der Waals surface area (Å²) in [5.74, 6) is -1.86. The third-order valence-electron chi connectivity index (χ3n) is 3.80. The van der Waals surface area contributed by atoms with E-state index in [1.54, 1.807) is 6.92 Å². The number of carboxylic acid groups (broad SMARTS) is 1. The van der Waals surface area contributed by atoms with E-state index >= 15 is 0 Å². The number of rotatable bonds is 10. The molecule has 0 saturated heterocycles. The summed E-state index contributed by atoms with van der Waals surface area (Å²) in [6.07, 6.45) is -0.0841. The van der Waals surface area contributed by atoms with Gasteiger partial charge in [0.2, 0.25) is 21.8 Å². The van der Waals surface area contributed by atoms with Crippen molar-refractivity contribution in [2.45, 2.75) is 38.1 Å². The molecular weight excluding hydrogens is 374 g/mol. The number of amides is 2. The first-order valence-corrected chi connectivity index (χ1v) is 9.92. The average molecular weight is 399 g/mol. The molecule has 0 fully saturated rings. The predicted molar refractivity (Wildman–Crippen MR) is 98.5 cm³/mol. The second-order valence-corrected chi connectivity index (χ2v) is 7.67. The molecule has 1 atom stereocenters. The van der Waals surface area contributed by atoms with Crippen molar-refractivity contribution in [3.05, 3.63) is 29.8 Å². The fourth-order valence-electron chi connectivity index (χ4n) is 2.36. The Morgan fingerprint density at radius 3 is 2.26 bits per heavy atom. The minimum atomic E-state index is -3.58. The van der Waals surface area contributed by atoms with Crippen LogP contribution in [0.15, 0.2) is 29.2 Å². The van der Waals surface area contributed by atoms with E-state index in [1.807, 2.05) is 0 Å². The number of nitrogens with one attached hydrogen (secondary N) is 2. The fraction of sp³-hybridized carbons (Fsp3) is 0.471. The zero-order valence-electron chi connectivity index (χ0n) is 15.6. The van der Waals surface area contributed by atoms with E-state index in [0.29, 0.717) is 5.56 Å². The van der Waals surface area contributed by atoms with Gasteiger partial charge < -0.3 is 15.3 Å². The van der Waals surface area contributed by atoms with Gasteiger partial charge in [-0.1, -0.05) is 19.1 Å². The van der Waals surface area contributed by atoms with Crippen LogP contribution in [0.25, 0.3) is 0 Å². The van der Waals surface area contributed by atoms with Gasteiger partial charge in [-0.05, 0) is 24.6 Å². The number of hydrogen-bond acceptors (Lipinski definition) is 5. The van der Waals surface area contributed by atoms with Crippen molar-refractivity contribution in [3.8, 4) is 0 Å². The van der Waals surface area contributed by atoms with Crippen LogP contribution in [-0.2, 0) is 30.8 Å². The molecule has 0 radical (unpaired) electrons. The number of carbonyl (C=O) groups excluding carboxylic acids is 2. The SMILES string of the molecule is CCNS(=O)(=O)c1ccc(CC(=O)N(CCNC(C)=O)C(C)C(=O)O)cc1. The first-order chi connectivity index (χ1) is 12.6. The Labute approximate surface area is 158 Å². The molecule has 3 N–H and O–H groups in total. The van der Waals surface area contributed by atoms with Crippen molar-refractivity contribution in [2.24, 2.45) is 0 Å². The Balaban J connectivity index is 2.87. The van der Waals surface area contributed by atoms with E-state index in [1.165, 1.54) is 43.0 Å². The molecule has 0 saturated carbocycles. The summed E-state index contributed by atoms with van der Waals surface area (Å²) in [4.78, 5) is 36.0. The Bertz CT molecular complexity index is 776. The highest BCUT2D eigenvalue weighted by Crippen LogP contribution is 2.12. The molecule has 0 spiro atoms. The van der Waals surface area contributed by atoms with Crippen LogP contribution in [0.1, 0.15) is 26.3 Å². The Morgan fingerprint density at radius 2 is 1.78 bits per heavy atom. The quantitative estimate of drug-likeness (QED) is 0.506. The van der Waals surface area contributed by atoms with Crippen LogP contribution in [0.3, 0.4) is 0 Å². The fourth-order valence-corrected chi connectivity index (χ4v) is 3.40. The van der Waals surface area contributed by atoms with Crippen molar-refractivity contribution < 1.29 is 27.9 Å². The van der Waals surface area contributed by atoms with Crippen LogP contribution in [0, 0.1) is 0 Å². The third-order valence-corrected chi connectivity index (χ3v) is 5.36. The second kappa shape index (κ2) is 10.0. The molecule has 1 aromatic rings. The highest BCUT2D eigenvalue weighted by molar-refractivity contribution is 7.89. The number of benzene rings is 1. The number of hydrogen-bond donors (Lipinski definition) is 3. The van der Waals surface area contributed by atoms with Gasteiger partial charge in [-0.3, -0.25) is 9.59 Å². The molecule has 0 bridgehead atoms. The van der Waals surface area contributed by atoms with Gasteiger partial charge in [-0.2, -0.15) is 0 Å². The molecule has 27 heavy (non-hydrogen) atoms. The molecule has 2 amide bonds. The Morgan fingerprint density at radius 1 is 1.19 bits per heavy atom. The first kappa shape index (κ1) is 22.6. The number of nitrogens with zero attached hydrogens (tertiary/aromatic N) is 1. The molecule has 1 unspecified atom stereocenters. The van der Waals surface area contributed by atoms with Crippen molar-refractivity contribution in [1.82, 2.24) is 14.9 Å². The lowest BCUT2D eigenvalue weighted by atomic mass is 10.1. The summed E-state index contributed by atoms with van der Waals surface area (Å²) in [6.45, 7) is 4.84. The topological polar surface area (TPSA) is 133 Å². The molecule has 0 aliphatic carbocycles. The lowest BCUT2D eigenvalue weighted by Crippen LogP contribution is -2.47. The number of aliphatic carboxylic acids is 1. The second-order valence-electron chi connectivity index (χ2n) is 5.91. The van der Waals surface area contributed by atoms with E-state index in [2.05, 4.69) is 10.0 Å². The lowest BCUT2D eigenvalue weighted by Gasteiger charge is -2.26. The van der Waals surface area contributed by atoms with Gasteiger partial charge >= 0.3 is 5.97 Å². The molecule has 1 aromatic carbocycles. The van der Waals surface area contributed by atoms with Gasteiger partial charge in [0.15, 0.2) is 0 Å². The van der Waals surface area contributed by atoms with Crippen molar-refractivity contribution in [3.63, 3.8) is 0 Å². The molecule has 0 aliphatic heterocycles. The van der Waals surface area contributed by atoms with Crippen LogP contribution >= 0.6 is 0 Å². The van der Waals surface area contributed by atoms with E-state index in [-0.39, 0.29) is 36.9 Å². The first-order valence-electron chi connectivity index (χ1n) is 8.43. The summed E-state index contributed by atoms with van der Waals surface area (Å²) >= 11 is 0. The van der Waals surface area contributed by atoms with Crippen LogP contribution in [-0.4, -0.2) is 61.9 Å². The van der Waals surface area contributed by atoms with Crippen molar-refractivity contribution >= 4 is 27.8 Å². The largest absolute Gasteiger partial charge is 0.480 e. The van der Waals surface area contributed by atoms with Crippen molar-refractivity contribution in [2.75, 3.05) is 19.6 Å². The van der Waals surface area contributed by atoms with Gasteiger partial charge in [-0.25, -0.2) is 17.9 Å². The molecular formula is C17H25N3O6S. The molecule has 9 nitrogen and oxygen atoms in total. The van der Waals surface area contributed by atoms with Crippen molar-refractivity contribution in [1.29, 1.82) is 0 Å². The minimum Gasteiger partial charge on any atom is -0.480 e. The number of carbonyl (C=O) groups is 3. The monoisotopic (exact) mass is 399 g/mol. The molecule has 0 heterocycles. The summed E-state index contributed by atoms with van der Waals surface area (Å²) in [7, 11) is -3.58. The number of sulfonamides is 1. The van der Waals surface area contributed by atoms with E-state index in [4.69, 9.17) is 0 Å². The van der Waals surface area contributed by atoms with E-state index in [9.17, 15) is 27.9 Å². The van der Waals surface area contributed by atoms with Gasteiger partial charge in [0.25, 0.3) is 0 Å². The minimum absolute atomic E-state index is 0.0543. The normalized spacial score (nSPS) is 12.3. The van der Waals surface area contributed by atoms with Crippen LogP contribution in [0.5, 0.6) is 0 Å². The van der Waals surface area contributed by atoms with Gasteiger partial charge in [0.1, 0.15) is 6.04 Å². The maximum atomic E-state index is 12.5. The molecule has 0 aromatic heterocycles. The van der Waals surface area contributed by atoms with Gasteiger partial charge in [0, 0.05) is 26.6 Å². The standard InChI is InChI=1S/C17H25N3O6S/c1-4-19-27(25,26)15-7-5-14(6-8-15)11-16(22)20(12(2)17(23)24)10-9-18-13(3)21/h5-8,12,19H,4,9-11H2,1-3H3,(H,18,21)(H,23,24). The summed E-state index contributed by atoms with van der Waals surface area (Å²) < 4.78 is 26.2. The maximum absolute atomic E-state index is 12.5. The highest BCUT2D eigenvalue weighted by atomic mass is 32.2.